The van der Waals surface area contributed by atoms with Crippen molar-refractivity contribution >= 4 is 5.78 Å². The van der Waals surface area contributed by atoms with Gasteiger partial charge in [0.1, 0.15) is 18.3 Å². The van der Waals surface area contributed by atoms with Gasteiger partial charge in [0.05, 0.1) is 13.2 Å². The van der Waals surface area contributed by atoms with Crippen molar-refractivity contribution in [2.75, 3.05) is 13.2 Å². The predicted molar refractivity (Wildman–Crippen MR) is 124 cm³/mol. The van der Waals surface area contributed by atoms with E-state index in [1.807, 2.05) is 95.9 Å². The molecule has 0 aliphatic carbocycles. The standard InChI is InChI=1S/C27H29NO5/c29-23(25(31)26-24(30)19-32-27(33-26)22-14-8-3-9-15-22)18-28(16-20-10-4-1-5-11-20)17-21-12-6-2-7-13-21/h1-15,24-27,30-31H,16-19H2. The molecule has 6 heteroatoms. The van der Waals surface area contributed by atoms with E-state index < -0.39 is 30.4 Å². The van der Waals surface area contributed by atoms with E-state index in [1.165, 1.54) is 0 Å². The van der Waals surface area contributed by atoms with Crippen LogP contribution in [0, 0.1) is 0 Å². The Balaban J connectivity index is 1.45. The summed E-state index contributed by atoms with van der Waals surface area (Å²) in [5.74, 6) is -0.403. The van der Waals surface area contributed by atoms with Crippen molar-refractivity contribution < 1.29 is 24.5 Å². The Labute approximate surface area is 194 Å². The van der Waals surface area contributed by atoms with Crippen LogP contribution >= 0.6 is 0 Å². The monoisotopic (exact) mass is 447 g/mol. The van der Waals surface area contributed by atoms with Crippen molar-refractivity contribution in [1.29, 1.82) is 0 Å². The van der Waals surface area contributed by atoms with E-state index in [2.05, 4.69) is 0 Å². The van der Waals surface area contributed by atoms with Crippen molar-refractivity contribution in [2.24, 2.45) is 0 Å². The molecule has 4 rings (SSSR count). The van der Waals surface area contributed by atoms with Gasteiger partial charge in [0.25, 0.3) is 0 Å². The number of hydrogen-bond donors (Lipinski definition) is 2. The molecule has 3 aromatic rings. The van der Waals surface area contributed by atoms with Crippen LogP contribution in [0.3, 0.4) is 0 Å². The number of nitrogens with zero attached hydrogens (tertiary/aromatic N) is 1. The molecule has 0 bridgehead atoms. The van der Waals surface area contributed by atoms with E-state index in [-0.39, 0.29) is 13.2 Å². The fourth-order valence-corrected chi connectivity index (χ4v) is 3.97. The van der Waals surface area contributed by atoms with Crippen LogP contribution in [0.1, 0.15) is 23.0 Å². The predicted octanol–water partition coefficient (Wildman–Crippen LogP) is 3.09. The second kappa shape index (κ2) is 11.3. The second-order valence-electron chi connectivity index (χ2n) is 8.27. The van der Waals surface area contributed by atoms with E-state index in [0.29, 0.717) is 13.1 Å². The number of ketones is 1. The average molecular weight is 448 g/mol. The Bertz CT molecular complexity index is 957. The Hall–Kier alpha value is -2.87. The number of aliphatic hydroxyl groups is 2. The molecule has 6 nitrogen and oxygen atoms in total. The summed E-state index contributed by atoms with van der Waals surface area (Å²) in [6, 6.07) is 29.1. The molecule has 3 aromatic carbocycles. The minimum atomic E-state index is -1.47. The number of Topliss-reactive ketones (excluding diaryl/α,β-unsaturated/α-hetero) is 1. The van der Waals surface area contributed by atoms with Gasteiger partial charge in [-0.3, -0.25) is 9.69 Å². The lowest BCUT2D eigenvalue weighted by Gasteiger charge is -2.36. The van der Waals surface area contributed by atoms with Gasteiger partial charge in [-0.25, -0.2) is 0 Å². The number of aliphatic hydroxyl groups excluding tert-OH is 2. The van der Waals surface area contributed by atoms with Gasteiger partial charge in [0.2, 0.25) is 0 Å². The zero-order valence-corrected chi connectivity index (χ0v) is 18.4. The highest BCUT2D eigenvalue weighted by molar-refractivity contribution is 5.85. The third kappa shape index (κ3) is 6.35. The van der Waals surface area contributed by atoms with Crippen LogP contribution in [-0.2, 0) is 27.4 Å². The SMILES string of the molecule is O=C(CN(Cc1ccccc1)Cc1ccccc1)C(O)C1OC(c2ccccc2)OCC1O. The summed E-state index contributed by atoms with van der Waals surface area (Å²) in [6.45, 7) is 1.11. The Kier molecular flexibility index (Phi) is 7.99. The highest BCUT2D eigenvalue weighted by Crippen LogP contribution is 2.28. The third-order valence-electron chi connectivity index (χ3n) is 5.67. The molecule has 1 heterocycles. The third-order valence-corrected chi connectivity index (χ3v) is 5.67. The lowest BCUT2D eigenvalue weighted by molar-refractivity contribution is -0.272. The molecule has 2 N–H and O–H groups in total. The van der Waals surface area contributed by atoms with Crippen LogP contribution in [0.4, 0.5) is 0 Å². The molecule has 4 atom stereocenters. The van der Waals surface area contributed by atoms with Gasteiger partial charge in [0.15, 0.2) is 12.1 Å². The first-order valence-corrected chi connectivity index (χ1v) is 11.1. The summed E-state index contributed by atoms with van der Waals surface area (Å²) in [4.78, 5) is 15.1. The smallest absolute Gasteiger partial charge is 0.184 e. The van der Waals surface area contributed by atoms with Crippen LogP contribution in [0.25, 0.3) is 0 Å². The number of carbonyl (C=O) groups excluding carboxylic acids is 1. The summed E-state index contributed by atoms with van der Waals surface area (Å²) in [7, 11) is 0. The van der Waals surface area contributed by atoms with Crippen molar-refractivity contribution in [3.05, 3.63) is 108 Å². The van der Waals surface area contributed by atoms with Crippen LogP contribution in [0.5, 0.6) is 0 Å². The Morgan fingerprint density at radius 2 is 1.39 bits per heavy atom. The quantitative estimate of drug-likeness (QED) is 0.525. The molecule has 0 aromatic heterocycles. The zero-order valence-electron chi connectivity index (χ0n) is 18.4. The van der Waals surface area contributed by atoms with Crippen molar-refractivity contribution in [1.82, 2.24) is 4.90 Å². The van der Waals surface area contributed by atoms with E-state index in [9.17, 15) is 15.0 Å². The van der Waals surface area contributed by atoms with Gasteiger partial charge in [0, 0.05) is 18.7 Å². The van der Waals surface area contributed by atoms with Crippen molar-refractivity contribution in [2.45, 2.75) is 37.7 Å². The summed E-state index contributed by atoms with van der Waals surface area (Å²) in [5, 5.41) is 21.2. The van der Waals surface area contributed by atoms with Crippen molar-refractivity contribution in [3.63, 3.8) is 0 Å². The molecule has 172 valence electrons. The molecule has 1 fully saturated rings. The number of rotatable bonds is 9. The zero-order chi connectivity index (χ0) is 23.0. The molecule has 0 radical (unpaired) electrons. The van der Waals surface area contributed by atoms with E-state index in [4.69, 9.17) is 9.47 Å². The van der Waals surface area contributed by atoms with E-state index >= 15 is 0 Å². The highest BCUT2D eigenvalue weighted by atomic mass is 16.7. The molecule has 1 aliphatic rings. The normalized spacial score (nSPS) is 21.6. The van der Waals surface area contributed by atoms with Gasteiger partial charge in [-0.15, -0.1) is 0 Å². The fraction of sp³-hybridized carbons (Fsp3) is 0.296. The lowest BCUT2D eigenvalue weighted by atomic mass is 10.0. The molecule has 1 aliphatic heterocycles. The van der Waals surface area contributed by atoms with Crippen LogP contribution < -0.4 is 0 Å². The largest absolute Gasteiger partial charge is 0.388 e. The fourth-order valence-electron chi connectivity index (χ4n) is 3.97. The number of hydrogen-bond acceptors (Lipinski definition) is 6. The number of benzene rings is 3. The Morgan fingerprint density at radius 3 is 1.94 bits per heavy atom. The Morgan fingerprint density at radius 1 is 0.879 bits per heavy atom. The van der Waals surface area contributed by atoms with Crippen LogP contribution in [-0.4, -0.2) is 52.4 Å². The topological polar surface area (TPSA) is 79.2 Å². The van der Waals surface area contributed by atoms with Gasteiger partial charge in [-0.2, -0.15) is 0 Å². The molecule has 33 heavy (non-hydrogen) atoms. The number of carbonyl (C=O) groups is 1. The van der Waals surface area contributed by atoms with E-state index in [1.54, 1.807) is 0 Å². The second-order valence-corrected chi connectivity index (χ2v) is 8.27. The highest BCUT2D eigenvalue weighted by Gasteiger charge is 2.39. The molecule has 0 saturated carbocycles. The van der Waals surface area contributed by atoms with Gasteiger partial charge < -0.3 is 19.7 Å². The molecular formula is C27H29NO5. The van der Waals surface area contributed by atoms with Crippen LogP contribution in [0.15, 0.2) is 91.0 Å². The first-order chi connectivity index (χ1) is 16.1. The first-order valence-electron chi connectivity index (χ1n) is 11.1. The minimum absolute atomic E-state index is 0.0215. The first kappa shape index (κ1) is 23.3. The van der Waals surface area contributed by atoms with Gasteiger partial charge >= 0.3 is 0 Å². The van der Waals surface area contributed by atoms with E-state index in [0.717, 1.165) is 16.7 Å². The average Bonchev–Trinajstić information content (AvgIpc) is 2.85. The molecule has 4 unspecified atom stereocenters. The summed E-state index contributed by atoms with van der Waals surface area (Å²) >= 11 is 0. The molecular weight excluding hydrogens is 418 g/mol. The van der Waals surface area contributed by atoms with Crippen molar-refractivity contribution in [3.8, 4) is 0 Å². The lowest BCUT2D eigenvalue weighted by Crippen LogP contribution is -2.52. The minimum Gasteiger partial charge on any atom is -0.388 e. The summed E-state index contributed by atoms with van der Waals surface area (Å²) in [5.41, 5.74) is 2.91. The van der Waals surface area contributed by atoms with Crippen LogP contribution in [0.2, 0.25) is 0 Å². The molecule has 0 spiro atoms. The molecule has 1 saturated heterocycles. The van der Waals surface area contributed by atoms with Gasteiger partial charge in [-0.1, -0.05) is 91.0 Å². The van der Waals surface area contributed by atoms with Gasteiger partial charge in [-0.05, 0) is 11.1 Å². The molecule has 0 amide bonds. The summed E-state index contributed by atoms with van der Waals surface area (Å²) in [6.07, 6.45) is -4.37. The number of ether oxygens (including phenoxy) is 2. The maximum absolute atomic E-state index is 13.1. The summed E-state index contributed by atoms with van der Waals surface area (Å²) < 4.78 is 11.4. The maximum Gasteiger partial charge on any atom is 0.184 e. The maximum atomic E-state index is 13.1.